The summed E-state index contributed by atoms with van der Waals surface area (Å²) in [5, 5.41) is 19.9. The lowest BCUT2D eigenvalue weighted by atomic mass is 10.1. The Morgan fingerprint density at radius 1 is 0.500 bits per heavy atom. The number of nitrogens with zero attached hydrogens (tertiary/aromatic N) is 12. The quantitative estimate of drug-likeness (QED) is 0.0260. The average Bonchev–Trinajstić information content (AvgIpc) is 3.12. The molecule has 0 aromatic rings. The van der Waals surface area contributed by atoms with Gasteiger partial charge >= 0.3 is 36.2 Å². The zero-order valence-electron chi connectivity index (χ0n) is 27.9. The summed E-state index contributed by atoms with van der Waals surface area (Å²) in [6, 6.07) is -1.46. The van der Waals surface area contributed by atoms with Gasteiger partial charge in [0.2, 0.25) is 0 Å². The second kappa shape index (κ2) is 31.7. The van der Waals surface area contributed by atoms with Gasteiger partial charge in [-0.1, -0.05) is 20.5 Å². The first-order chi connectivity index (χ1) is 25.2. The molecule has 0 spiro atoms. The fraction of sp³-hybridized carbons (Fsp3) is 0.760. The Morgan fingerprint density at radius 2 is 0.904 bits per heavy atom. The van der Waals surface area contributed by atoms with Crippen molar-refractivity contribution in [2.45, 2.75) is 38.1 Å². The third-order valence-electron chi connectivity index (χ3n) is 5.66. The van der Waals surface area contributed by atoms with Crippen LogP contribution in [0.15, 0.2) is 20.5 Å². The van der Waals surface area contributed by atoms with Crippen LogP contribution in [0.25, 0.3) is 41.8 Å². The molecule has 27 nitrogen and oxygen atoms in total. The zero-order chi connectivity index (χ0) is 38.7. The monoisotopic (exact) mass is 741 g/mol. The number of azide groups is 4. The summed E-state index contributed by atoms with van der Waals surface area (Å²) >= 11 is 0. The number of amides is 3. The molecule has 0 aliphatic carbocycles. The first kappa shape index (κ1) is 45.5. The van der Waals surface area contributed by atoms with Crippen LogP contribution >= 0.6 is 0 Å². The lowest BCUT2D eigenvalue weighted by Crippen LogP contribution is -2.49. The molecule has 0 aromatic heterocycles. The molecular weight excluding hydrogens is 702 g/mol. The van der Waals surface area contributed by atoms with Crippen LogP contribution in [0.3, 0.4) is 0 Å². The van der Waals surface area contributed by atoms with Crippen molar-refractivity contribution >= 4 is 36.2 Å². The minimum absolute atomic E-state index is 0.0359. The molecule has 27 heteroatoms. The lowest BCUT2D eigenvalue weighted by Gasteiger charge is -2.18. The van der Waals surface area contributed by atoms with Gasteiger partial charge in [-0.25, -0.2) is 19.2 Å². The largest absolute Gasteiger partial charge is 0.465 e. The maximum Gasteiger partial charge on any atom is 0.408 e. The minimum Gasteiger partial charge on any atom is -0.465 e. The van der Waals surface area contributed by atoms with E-state index in [1.165, 1.54) is 0 Å². The SMILES string of the molecule is [N-]=[N+]=NCCCOC(=O)NCC(CC(=O)OCCOC(=O)NC(CNC(=O)OCCCN=[N+]=[N-])C(=O)OCCCN=[N+]=[N-])C(=O)OCCCN=[N+]=[N-]. The topological polar surface area (TPSA) is 389 Å². The summed E-state index contributed by atoms with van der Waals surface area (Å²) in [7, 11) is 0. The Morgan fingerprint density at radius 3 is 1.38 bits per heavy atom. The van der Waals surface area contributed by atoms with Crippen molar-refractivity contribution in [3.8, 4) is 0 Å². The number of esters is 3. The van der Waals surface area contributed by atoms with E-state index in [9.17, 15) is 28.8 Å². The van der Waals surface area contributed by atoms with Crippen LogP contribution in [0, 0.1) is 5.92 Å². The summed E-state index contributed by atoms with van der Waals surface area (Å²) < 4.78 is 29.8. The Bertz CT molecular complexity index is 1240. The molecular formula is C25H39N15O12. The molecule has 0 radical (unpaired) electrons. The van der Waals surface area contributed by atoms with Crippen molar-refractivity contribution < 1.29 is 57.2 Å². The van der Waals surface area contributed by atoms with Crippen LogP contribution in [0.5, 0.6) is 0 Å². The van der Waals surface area contributed by atoms with Gasteiger partial charge in [0.15, 0.2) is 0 Å². The molecule has 2 unspecified atom stereocenters. The molecule has 3 N–H and O–H groups in total. The molecule has 0 aliphatic rings. The fourth-order valence-electron chi connectivity index (χ4n) is 3.27. The van der Waals surface area contributed by atoms with Crippen molar-refractivity contribution in [2.75, 3.05) is 78.9 Å². The summed E-state index contributed by atoms with van der Waals surface area (Å²) in [4.78, 5) is 84.1. The molecule has 52 heavy (non-hydrogen) atoms. The van der Waals surface area contributed by atoms with E-state index in [-0.39, 0.29) is 78.3 Å². The molecule has 286 valence electrons. The van der Waals surface area contributed by atoms with E-state index < -0.39 is 80.9 Å². The van der Waals surface area contributed by atoms with Crippen LogP contribution in [-0.2, 0) is 42.8 Å². The predicted molar refractivity (Wildman–Crippen MR) is 172 cm³/mol. The van der Waals surface area contributed by atoms with Gasteiger partial charge in [-0.15, -0.1) is 0 Å². The molecule has 0 rings (SSSR count). The van der Waals surface area contributed by atoms with Crippen molar-refractivity contribution in [2.24, 2.45) is 26.4 Å². The van der Waals surface area contributed by atoms with E-state index in [0.717, 1.165) is 0 Å². The zero-order valence-corrected chi connectivity index (χ0v) is 27.9. The summed E-state index contributed by atoms with van der Waals surface area (Å²) in [5.41, 5.74) is 33.2. The van der Waals surface area contributed by atoms with Crippen LogP contribution in [-0.4, -0.2) is 121 Å². The first-order valence-electron chi connectivity index (χ1n) is 15.4. The Balaban J connectivity index is 5.01. The highest BCUT2D eigenvalue weighted by Crippen LogP contribution is 2.08. The number of nitrogens with one attached hydrogen (secondary N) is 3. The van der Waals surface area contributed by atoms with Gasteiger partial charge in [0.1, 0.15) is 19.3 Å². The Hall–Kier alpha value is -6.54. The third-order valence-corrected chi connectivity index (χ3v) is 5.66. The van der Waals surface area contributed by atoms with Crippen molar-refractivity contribution in [3.05, 3.63) is 41.8 Å². The first-order valence-corrected chi connectivity index (χ1v) is 15.4. The molecule has 0 aromatic carbocycles. The number of rotatable bonds is 28. The fourth-order valence-corrected chi connectivity index (χ4v) is 3.27. The van der Waals surface area contributed by atoms with E-state index in [0.29, 0.717) is 0 Å². The van der Waals surface area contributed by atoms with Crippen LogP contribution in [0.2, 0.25) is 0 Å². The highest BCUT2D eigenvalue weighted by Gasteiger charge is 2.26. The van der Waals surface area contributed by atoms with Gasteiger partial charge in [-0.05, 0) is 47.8 Å². The average molecular weight is 742 g/mol. The van der Waals surface area contributed by atoms with Gasteiger partial charge < -0.3 is 44.4 Å². The molecule has 0 saturated carbocycles. The van der Waals surface area contributed by atoms with Crippen LogP contribution in [0.4, 0.5) is 14.4 Å². The number of carbonyl (C=O) groups is 6. The van der Waals surface area contributed by atoms with Crippen molar-refractivity contribution in [1.29, 1.82) is 0 Å². The molecule has 0 saturated heterocycles. The second-order valence-corrected chi connectivity index (χ2v) is 9.56. The van der Waals surface area contributed by atoms with E-state index in [4.69, 9.17) is 50.5 Å². The van der Waals surface area contributed by atoms with E-state index in [2.05, 4.69) is 56.1 Å². The molecule has 3 amide bonds. The Labute approximate surface area is 294 Å². The predicted octanol–water partition coefficient (Wildman–Crippen LogP) is 2.97. The van der Waals surface area contributed by atoms with E-state index in [1.807, 2.05) is 0 Å². The second-order valence-electron chi connectivity index (χ2n) is 9.56. The number of ether oxygens (including phenoxy) is 6. The van der Waals surface area contributed by atoms with Crippen LogP contribution < -0.4 is 16.0 Å². The molecule has 0 heterocycles. The third kappa shape index (κ3) is 26.4. The van der Waals surface area contributed by atoms with E-state index in [1.54, 1.807) is 0 Å². The molecule has 0 aliphatic heterocycles. The molecule has 2 atom stereocenters. The number of carbonyl (C=O) groups excluding carboxylic acids is 6. The minimum atomic E-state index is -1.46. The van der Waals surface area contributed by atoms with Gasteiger partial charge in [-0.2, -0.15) is 0 Å². The normalized spacial score (nSPS) is 10.8. The van der Waals surface area contributed by atoms with Gasteiger partial charge in [-0.3, -0.25) is 9.59 Å². The molecule has 0 bridgehead atoms. The maximum absolute atomic E-state index is 12.6. The van der Waals surface area contributed by atoms with Crippen LogP contribution in [0.1, 0.15) is 32.1 Å². The number of alkyl carbamates (subject to hydrolysis) is 3. The summed E-state index contributed by atoms with van der Waals surface area (Å²) in [6.45, 7) is -2.12. The molecule has 0 fully saturated rings. The Kier molecular flexibility index (Phi) is 27.7. The van der Waals surface area contributed by atoms with Crippen molar-refractivity contribution in [3.63, 3.8) is 0 Å². The van der Waals surface area contributed by atoms with Crippen molar-refractivity contribution in [1.82, 2.24) is 16.0 Å². The smallest absolute Gasteiger partial charge is 0.408 e. The lowest BCUT2D eigenvalue weighted by molar-refractivity contribution is -0.155. The maximum atomic E-state index is 12.6. The van der Waals surface area contributed by atoms with Gasteiger partial charge in [0, 0.05) is 52.4 Å². The number of hydrogen-bond donors (Lipinski definition) is 3. The summed E-state index contributed by atoms with van der Waals surface area (Å²) in [5.74, 6) is -4.02. The van der Waals surface area contributed by atoms with Gasteiger partial charge in [0.25, 0.3) is 0 Å². The van der Waals surface area contributed by atoms with E-state index >= 15 is 0 Å². The summed E-state index contributed by atoms with van der Waals surface area (Å²) in [6.07, 6.45) is -2.74. The number of hydrogen-bond acceptors (Lipinski definition) is 16. The standard InChI is InChI=1S/C25H39N15O12/c26-37-32-5-1-9-48-21(42)18(16-30-23(44)50-11-3-7-34-39-28)15-20(41)47-13-14-52-25(46)36-19(22(43)49-10-2-6-33-38-27)17-31-24(45)51-12-4-8-35-40-29/h18-19H,1-17H2,(H,30,44)(H,31,45)(H,36,46). The highest BCUT2D eigenvalue weighted by molar-refractivity contribution is 5.82. The van der Waals surface area contributed by atoms with Gasteiger partial charge in [0.05, 0.1) is 45.3 Å². The highest BCUT2D eigenvalue weighted by atomic mass is 16.6.